The number of esters is 1. The number of hydrogen-bond acceptors (Lipinski definition) is 6. The average molecular weight is 520 g/mol. The Bertz CT molecular complexity index is 1220. The number of nitrogens with zero attached hydrogens (tertiary/aromatic N) is 1. The highest BCUT2D eigenvalue weighted by molar-refractivity contribution is 7.22. The van der Waals surface area contributed by atoms with Crippen LogP contribution in [0.2, 0.25) is 10.0 Å². The van der Waals surface area contributed by atoms with Crippen molar-refractivity contribution in [3.05, 3.63) is 57.6 Å². The summed E-state index contributed by atoms with van der Waals surface area (Å²) >= 11 is 12.7. The Balaban J connectivity index is 2.06. The second-order valence-electron chi connectivity index (χ2n) is 7.34. The summed E-state index contributed by atoms with van der Waals surface area (Å²) in [5, 5.41) is 3.52. The fraction of sp³-hybridized carbons (Fsp3) is 0.286. The van der Waals surface area contributed by atoms with E-state index in [4.69, 9.17) is 23.2 Å². The molecule has 0 fully saturated rings. The van der Waals surface area contributed by atoms with Crippen molar-refractivity contribution in [1.82, 2.24) is 10.3 Å². The summed E-state index contributed by atoms with van der Waals surface area (Å²) in [6, 6.07) is 8.91. The van der Waals surface area contributed by atoms with Gasteiger partial charge in [-0.1, -0.05) is 54.5 Å². The van der Waals surface area contributed by atoms with Crippen LogP contribution in [0.5, 0.6) is 0 Å². The number of fused-ring (bicyclic) bond motifs is 1. The lowest BCUT2D eigenvalue weighted by molar-refractivity contribution is -0.203. The van der Waals surface area contributed by atoms with Crippen LogP contribution in [0.1, 0.15) is 35.7 Å². The highest BCUT2D eigenvalue weighted by Gasteiger charge is 2.64. The Labute approximate surface area is 201 Å². The molecule has 1 aromatic heterocycles. The predicted molar refractivity (Wildman–Crippen MR) is 122 cm³/mol. The first-order valence-corrected chi connectivity index (χ1v) is 11.1. The molecule has 0 saturated carbocycles. The van der Waals surface area contributed by atoms with Crippen LogP contribution in [0, 0.1) is 0 Å². The van der Waals surface area contributed by atoms with Gasteiger partial charge >= 0.3 is 17.8 Å². The van der Waals surface area contributed by atoms with Crippen molar-refractivity contribution in [1.29, 1.82) is 0 Å². The zero-order valence-corrected chi connectivity index (χ0v) is 19.8. The van der Waals surface area contributed by atoms with Gasteiger partial charge in [0.25, 0.3) is 5.91 Å². The maximum Gasteiger partial charge on any atom is 0.442 e. The predicted octanol–water partition coefficient (Wildman–Crippen LogP) is 6.00. The summed E-state index contributed by atoms with van der Waals surface area (Å²) in [4.78, 5) is 29.3. The normalized spacial score (nSPS) is 13.6. The molecular formula is C21H18Cl2F3N3O3S. The van der Waals surface area contributed by atoms with Crippen molar-refractivity contribution in [3.8, 4) is 0 Å². The highest BCUT2D eigenvalue weighted by Crippen LogP contribution is 2.37. The van der Waals surface area contributed by atoms with Crippen molar-refractivity contribution in [2.75, 3.05) is 12.4 Å². The monoisotopic (exact) mass is 519 g/mol. The van der Waals surface area contributed by atoms with Crippen LogP contribution >= 0.6 is 34.5 Å². The number of nitrogens with one attached hydrogen (secondary N) is 2. The van der Waals surface area contributed by atoms with Gasteiger partial charge in [0, 0.05) is 5.02 Å². The van der Waals surface area contributed by atoms with Crippen LogP contribution < -0.4 is 10.6 Å². The van der Waals surface area contributed by atoms with Gasteiger partial charge in [0.05, 0.1) is 27.9 Å². The molecule has 6 nitrogen and oxygen atoms in total. The summed E-state index contributed by atoms with van der Waals surface area (Å²) in [5.74, 6) is -2.86. The number of hydrogen-bond donors (Lipinski definition) is 2. The second-order valence-corrected chi connectivity index (χ2v) is 9.22. The van der Waals surface area contributed by atoms with Crippen molar-refractivity contribution in [2.24, 2.45) is 0 Å². The van der Waals surface area contributed by atoms with Gasteiger partial charge < -0.3 is 15.4 Å². The molecule has 0 aliphatic heterocycles. The van der Waals surface area contributed by atoms with Gasteiger partial charge in [0.15, 0.2) is 5.13 Å². The van der Waals surface area contributed by atoms with E-state index in [1.165, 1.54) is 12.1 Å². The smallest absolute Gasteiger partial charge is 0.442 e. The Hall–Kier alpha value is -2.56. The topological polar surface area (TPSA) is 80.3 Å². The van der Waals surface area contributed by atoms with Crippen molar-refractivity contribution in [3.63, 3.8) is 0 Å². The summed E-state index contributed by atoms with van der Waals surface area (Å²) < 4.78 is 47.9. The maximum atomic E-state index is 14.3. The first kappa shape index (κ1) is 25.1. The Morgan fingerprint density at radius 3 is 2.39 bits per heavy atom. The molecule has 0 aliphatic rings. The van der Waals surface area contributed by atoms with Gasteiger partial charge in [-0.25, -0.2) is 9.78 Å². The van der Waals surface area contributed by atoms with Crippen LogP contribution in [0.4, 0.5) is 18.3 Å². The molecule has 1 unspecified atom stereocenters. The number of halogens is 5. The molecular weight excluding hydrogens is 502 g/mol. The van der Waals surface area contributed by atoms with Gasteiger partial charge in [-0.05, 0) is 41.8 Å². The molecule has 3 aromatic rings. The molecule has 3 rings (SSSR count). The molecule has 1 amide bonds. The van der Waals surface area contributed by atoms with Crippen LogP contribution in [0.15, 0.2) is 36.4 Å². The average Bonchev–Trinajstić information content (AvgIpc) is 3.12. The summed E-state index contributed by atoms with van der Waals surface area (Å²) in [5.41, 5.74) is -2.54. The number of carbonyl (C=O) groups is 2. The molecule has 0 radical (unpaired) electrons. The van der Waals surface area contributed by atoms with Crippen molar-refractivity contribution < 1.29 is 27.5 Å². The zero-order chi connectivity index (χ0) is 24.6. The third kappa shape index (κ3) is 5.02. The minimum atomic E-state index is -5.31. The zero-order valence-electron chi connectivity index (χ0n) is 17.5. The van der Waals surface area contributed by atoms with E-state index >= 15 is 0 Å². The fourth-order valence-electron chi connectivity index (χ4n) is 2.97. The van der Waals surface area contributed by atoms with E-state index in [0.717, 1.165) is 30.1 Å². The van der Waals surface area contributed by atoms with Crippen LogP contribution in [-0.2, 0) is 9.53 Å². The van der Waals surface area contributed by atoms with E-state index in [1.54, 1.807) is 11.4 Å². The number of amides is 1. The Morgan fingerprint density at radius 2 is 1.82 bits per heavy atom. The molecule has 33 heavy (non-hydrogen) atoms. The molecule has 0 aliphatic carbocycles. The number of thiazole rings is 1. The fourth-order valence-corrected chi connectivity index (χ4v) is 4.43. The number of alkyl halides is 3. The minimum Gasteiger partial charge on any atom is -0.466 e. The Morgan fingerprint density at radius 1 is 1.12 bits per heavy atom. The molecule has 176 valence electrons. The minimum absolute atomic E-state index is 0.181. The maximum absolute atomic E-state index is 14.3. The number of aromatic nitrogens is 1. The second kappa shape index (κ2) is 9.36. The summed E-state index contributed by atoms with van der Waals surface area (Å²) in [6.07, 6.45) is -5.31. The molecule has 0 bridgehead atoms. The Kier molecular flexibility index (Phi) is 7.11. The van der Waals surface area contributed by atoms with Crippen LogP contribution in [-0.4, -0.2) is 35.8 Å². The standard InChI is InChI=1S/C21H18Cl2F3N3O3S/c1-10(2)11-4-7-15-16(8-11)33-19(27-15)29-20(18(31)32-3,21(24,25)26)28-17(30)13-6-5-12(22)9-14(13)23/h4-10H,1-3H3,(H,27,29)(H,28,30). The lowest BCUT2D eigenvalue weighted by atomic mass is 10.0. The van der Waals surface area contributed by atoms with Gasteiger partial charge in [-0.2, -0.15) is 13.2 Å². The molecule has 0 spiro atoms. The van der Waals surface area contributed by atoms with Crippen LogP contribution in [0.3, 0.4) is 0 Å². The number of anilines is 1. The third-order valence-electron chi connectivity index (χ3n) is 4.77. The van der Waals surface area contributed by atoms with Gasteiger partial charge in [0.1, 0.15) is 0 Å². The van der Waals surface area contributed by atoms with E-state index in [-0.39, 0.29) is 26.7 Å². The SMILES string of the molecule is COC(=O)C(NC(=O)c1ccc(Cl)cc1Cl)(Nc1nc2ccc(C(C)C)cc2s1)C(F)(F)F. The lowest BCUT2D eigenvalue weighted by Gasteiger charge is -2.34. The largest absolute Gasteiger partial charge is 0.466 e. The number of rotatable bonds is 6. The molecule has 12 heteroatoms. The van der Waals surface area contributed by atoms with E-state index in [9.17, 15) is 22.8 Å². The van der Waals surface area contributed by atoms with Gasteiger partial charge in [0.2, 0.25) is 0 Å². The van der Waals surface area contributed by atoms with Crippen molar-refractivity contribution in [2.45, 2.75) is 31.6 Å². The number of methoxy groups -OCH3 is 1. The van der Waals surface area contributed by atoms with Gasteiger partial charge in [-0.15, -0.1) is 0 Å². The summed E-state index contributed by atoms with van der Waals surface area (Å²) in [7, 11) is 0.777. The quantitative estimate of drug-likeness (QED) is 0.308. The molecule has 2 N–H and O–H groups in total. The summed E-state index contributed by atoms with van der Waals surface area (Å²) in [6.45, 7) is 3.95. The number of carbonyl (C=O) groups excluding carboxylic acids is 2. The number of ether oxygens (including phenoxy) is 1. The van der Waals surface area contributed by atoms with E-state index < -0.39 is 23.7 Å². The van der Waals surface area contributed by atoms with E-state index in [1.807, 2.05) is 26.0 Å². The van der Waals surface area contributed by atoms with Crippen molar-refractivity contribution >= 4 is 61.8 Å². The number of benzene rings is 2. The molecule has 0 saturated heterocycles. The first-order valence-electron chi connectivity index (χ1n) is 9.49. The first-order chi connectivity index (χ1) is 15.4. The third-order valence-corrected chi connectivity index (χ3v) is 6.25. The molecule has 1 atom stereocenters. The van der Waals surface area contributed by atoms with Gasteiger partial charge in [-0.3, -0.25) is 4.79 Å². The molecule has 1 heterocycles. The van der Waals surface area contributed by atoms with E-state index in [2.05, 4.69) is 15.0 Å². The highest BCUT2D eigenvalue weighted by atomic mass is 35.5. The van der Waals surface area contributed by atoms with E-state index in [0.29, 0.717) is 10.2 Å². The lowest BCUT2D eigenvalue weighted by Crippen LogP contribution is -2.69. The van der Waals surface area contributed by atoms with Crippen LogP contribution in [0.25, 0.3) is 10.2 Å². The molecule has 2 aromatic carbocycles.